The molecule has 0 aliphatic heterocycles. The summed E-state index contributed by atoms with van der Waals surface area (Å²) in [6, 6.07) is 6.57. The molecule has 1 aliphatic rings. The van der Waals surface area contributed by atoms with Gasteiger partial charge in [-0.3, -0.25) is 0 Å². The van der Waals surface area contributed by atoms with Crippen molar-refractivity contribution in [1.82, 2.24) is 4.90 Å². The molecule has 0 amide bonds. The summed E-state index contributed by atoms with van der Waals surface area (Å²) in [5.74, 6) is 0.491. The number of hydrogen-bond donors (Lipinski definition) is 1. The molecule has 2 rings (SSSR count). The van der Waals surface area contributed by atoms with Crippen molar-refractivity contribution in [2.45, 2.75) is 52.0 Å². The molecular formula is C16H26ClNO. The van der Waals surface area contributed by atoms with Gasteiger partial charge in [0.25, 0.3) is 0 Å². The number of halogens is 1. The lowest BCUT2D eigenvalue weighted by molar-refractivity contribution is 0.179. The van der Waals surface area contributed by atoms with E-state index in [1.165, 1.54) is 43.5 Å². The fourth-order valence-corrected chi connectivity index (χ4v) is 3.11. The Labute approximate surface area is 123 Å². The Morgan fingerprint density at radius 2 is 1.89 bits per heavy atom. The van der Waals surface area contributed by atoms with Crippen LogP contribution < -0.4 is 0 Å². The van der Waals surface area contributed by atoms with Crippen molar-refractivity contribution in [2.75, 3.05) is 13.1 Å². The average molecular weight is 284 g/mol. The van der Waals surface area contributed by atoms with E-state index in [4.69, 9.17) is 0 Å². The van der Waals surface area contributed by atoms with Gasteiger partial charge in [0.1, 0.15) is 5.75 Å². The minimum absolute atomic E-state index is 0. The molecule has 1 N–H and O–H groups in total. The van der Waals surface area contributed by atoms with Crippen LogP contribution in [0.4, 0.5) is 0 Å². The molecule has 0 heterocycles. The number of nitrogens with zero attached hydrogens (tertiary/aromatic N) is 1. The fourth-order valence-electron chi connectivity index (χ4n) is 3.11. The third kappa shape index (κ3) is 3.87. The zero-order chi connectivity index (χ0) is 13.0. The van der Waals surface area contributed by atoms with E-state index >= 15 is 0 Å². The molecule has 0 saturated carbocycles. The number of benzene rings is 1. The van der Waals surface area contributed by atoms with Crippen LogP contribution in [0.3, 0.4) is 0 Å². The molecule has 1 aromatic rings. The molecular weight excluding hydrogens is 258 g/mol. The Bertz CT molecular complexity index is 388. The SMILES string of the molecule is CCCN(CCC)C1CCc2cccc(O)c2C1.Cl. The lowest BCUT2D eigenvalue weighted by atomic mass is 9.86. The van der Waals surface area contributed by atoms with E-state index in [1.54, 1.807) is 0 Å². The molecule has 0 aromatic heterocycles. The number of hydrogen-bond acceptors (Lipinski definition) is 2. The summed E-state index contributed by atoms with van der Waals surface area (Å²) in [4.78, 5) is 2.61. The number of fused-ring (bicyclic) bond motifs is 1. The molecule has 19 heavy (non-hydrogen) atoms. The molecule has 0 radical (unpaired) electrons. The highest BCUT2D eigenvalue weighted by Crippen LogP contribution is 2.30. The van der Waals surface area contributed by atoms with E-state index < -0.39 is 0 Å². The van der Waals surface area contributed by atoms with Crippen molar-refractivity contribution in [1.29, 1.82) is 0 Å². The van der Waals surface area contributed by atoms with E-state index in [-0.39, 0.29) is 12.4 Å². The zero-order valence-electron chi connectivity index (χ0n) is 12.1. The van der Waals surface area contributed by atoms with Crippen molar-refractivity contribution in [3.05, 3.63) is 29.3 Å². The van der Waals surface area contributed by atoms with Crippen LogP contribution >= 0.6 is 12.4 Å². The maximum Gasteiger partial charge on any atom is 0.119 e. The second kappa shape index (κ2) is 7.76. The fraction of sp³-hybridized carbons (Fsp3) is 0.625. The Morgan fingerprint density at radius 3 is 2.53 bits per heavy atom. The minimum atomic E-state index is 0. The van der Waals surface area contributed by atoms with Crippen molar-refractivity contribution in [3.8, 4) is 5.75 Å². The van der Waals surface area contributed by atoms with Crippen LogP contribution in [0.15, 0.2) is 18.2 Å². The second-order valence-electron chi connectivity index (χ2n) is 5.35. The zero-order valence-corrected chi connectivity index (χ0v) is 12.9. The number of aryl methyl sites for hydroxylation is 1. The highest BCUT2D eigenvalue weighted by atomic mass is 35.5. The van der Waals surface area contributed by atoms with Crippen LogP contribution in [0.25, 0.3) is 0 Å². The summed E-state index contributed by atoms with van der Waals surface area (Å²) >= 11 is 0. The maximum absolute atomic E-state index is 10.00. The molecule has 0 bridgehead atoms. The molecule has 0 saturated heterocycles. The van der Waals surface area contributed by atoms with Gasteiger partial charge in [0.05, 0.1) is 0 Å². The van der Waals surface area contributed by atoms with Gasteiger partial charge in [0, 0.05) is 6.04 Å². The van der Waals surface area contributed by atoms with Gasteiger partial charge >= 0.3 is 0 Å². The van der Waals surface area contributed by atoms with E-state index in [0.29, 0.717) is 11.8 Å². The third-order valence-electron chi connectivity index (χ3n) is 3.97. The monoisotopic (exact) mass is 283 g/mol. The molecule has 1 aliphatic carbocycles. The van der Waals surface area contributed by atoms with Crippen LogP contribution in [0.2, 0.25) is 0 Å². The quantitative estimate of drug-likeness (QED) is 0.889. The summed E-state index contributed by atoms with van der Waals surface area (Å²) in [7, 11) is 0. The Balaban J connectivity index is 0.00000180. The van der Waals surface area contributed by atoms with Crippen molar-refractivity contribution < 1.29 is 5.11 Å². The van der Waals surface area contributed by atoms with Crippen LogP contribution in [-0.2, 0) is 12.8 Å². The Hall–Kier alpha value is -0.730. The average Bonchev–Trinajstić information content (AvgIpc) is 2.39. The molecule has 1 unspecified atom stereocenters. The molecule has 1 aromatic carbocycles. The van der Waals surface area contributed by atoms with E-state index in [2.05, 4.69) is 24.8 Å². The molecule has 2 nitrogen and oxygen atoms in total. The summed E-state index contributed by atoms with van der Waals surface area (Å²) in [5, 5.41) is 10.00. The van der Waals surface area contributed by atoms with Gasteiger partial charge in [-0.15, -0.1) is 12.4 Å². The van der Waals surface area contributed by atoms with Gasteiger partial charge in [-0.25, -0.2) is 0 Å². The molecule has 3 heteroatoms. The van der Waals surface area contributed by atoms with Crippen molar-refractivity contribution in [2.24, 2.45) is 0 Å². The molecule has 0 spiro atoms. The summed E-state index contributed by atoms with van der Waals surface area (Å²) in [5.41, 5.74) is 2.53. The van der Waals surface area contributed by atoms with Gasteiger partial charge in [0.2, 0.25) is 0 Å². The van der Waals surface area contributed by atoms with Gasteiger partial charge < -0.3 is 10.0 Å². The normalized spacial score (nSPS) is 17.9. The Morgan fingerprint density at radius 1 is 1.21 bits per heavy atom. The first-order chi connectivity index (χ1) is 8.76. The summed E-state index contributed by atoms with van der Waals surface area (Å²) in [6.07, 6.45) is 5.78. The van der Waals surface area contributed by atoms with Crippen molar-refractivity contribution in [3.63, 3.8) is 0 Å². The highest BCUT2D eigenvalue weighted by molar-refractivity contribution is 5.85. The molecule has 1 atom stereocenters. The first kappa shape index (κ1) is 16.3. The number of phenolic OH excluding ortho intramolecular Hbond substituents is 1. The lowest BCUT2D eigenvalue weighted by Crippen LogP contribution is -2.40. The smallest absolute Gasteiger partial charge is 0.119 e. The van der Waals surface area contributed by atoms with Crippen LogP contribution in [0.5, 0.6) is 5.75 Å². The predicted molar refractivity (Wildman–Crippen MR) is 83.3 cm³/mol. The maximum atomic E-state index is 10.00. The summed E-state index contributed by atoms with van der Waals surface area (Å²) in [6.45, 7) is 6.86. The van der Waals surface area contributed by atoms with Crippen LogP contribution in [0, 0.1) is 0 Å². The van der Waals surface area contributed by atoms with Gasteiger partial charge in [0.15, 0.2) is 0 Å². The molecule has 108 valence electrons. The van der Waals surface area contributed by atoms with Gasteiger partial charge in [-0.1, -0.05) is 26.0 Å². The van der Waals surface area contributed by atoms with Crippen LogP contribution in [0.1, 0.15) is 44.2 Å². The first-order valence-corrected chi connectivity index (χ1v) is 7.30. The number of phenols is 1. The minimum Gasteiger partial charge on any atom is -0.508 e. The van der Waals surface area contributed by atoms with Gasteiger partial charge in [-0.2, -0.15) is 0 Å². The topological polar surface area (TPSA) is 23.5 Å². The second-order valence-corrected chi connectivity index (χ2v) is 5.35. The highest BCUT2D eigenvalue weighted by Gasteiger charge is 2.24. The van der Waals surface area contributed by atoms with Crippen LogP contribution in [-0.4, -0.2) is 29.1 Å². The lowest BCUT2D eigenvalue weighted by Gasteiger charge is -2.35. The summed E-state index contributed by atoms with van der Waals surface area (Å²) < 4.78 is 0. The largest absolute Gasteiger partial charge is 0.508 e. The van der Waals surface area contributed by atoms with Gasteiger partial charge in [-0.05, 0) is 62.4 Å². The third-order valence-corrected chi connectivity index (χ3v) is 3.97. The van der Waals surface area contributed by atoms with E-state index in [0.717, 1.165) is 12.8 Å². The van der Waals surface area contributed by atoms with E-state index in [9.17, 15) is 5.11 Å². The number of rotatable bonds is 5. The standard InChI is InChI=1S/C16H25NO.ClH/c1-3-10-17(11-4-2)14-9-8-13-6-5-7-16(18)15(13)12-14;/h5-7,14,18H,3-4,8-12H2,1-2H3;1H. The van der Waals surface area contributed by atoms with Crippen molar-refractivity contribution >= 4 is 12.4 Å². The first-order valence-electron chi connectivity index (χ1n) is 7.30. The Kier molecular flexibility index (Phi) is 6.67. The molecule has 0 fully saturated rings. The predicted octanol–water partition coefficient (Wildman–Crippen LogP) is 3.79. The number of aromatic hydroxyl groups is 1. The van der Waals surface area contributed by atoms with E-state index in [1.807, 2.05) is 12.1 Å².